The molecule has 0 aliphatic rings. The zero-order valence-corrected chi connectivity index (χ0v) is 11.3. The fourth-order valence-electron chi connectivity index (χ4n) is 1.48. The third-order valence-electron chi connectivity index (χ3n) is 2.53. The number of pyridine rings is 1. The summed E-state index contributed by atoms with van der Waals surface area (Å²) in [6.45, 7) is 4.62. The Kier molecular flexibility index (Phi) is 6.52. The Labute approximate surface area is 113 Å². The lowest BCUT2D eigenvalue weighted by Gasteiger charge is -2.13. The van der Waals surface area contributed by atoms with Crippen LogP contribution in [0.25, 0.3) is 0 Å². The van der Waals surface area contributed by atoms with E-state index in [4.69, 9.17) is 0 Å². The van der Waals surface area contributed by atoms with E-state index in [-0.39, 0.29) is 5.91 Å². The number of urea groups is 1. The van der Waals surface area contributed by atoms with Crippen molar-refractivity contribution < 1.29 is 9.59 Å². The SMILES string of the molecule is CCNC(=O)NC(=O)C(C)NCCc1ccccn1. The number of nitrogens with one attached hydrogen (secondary N) is 3. The molecule has 6 nitrogen and oxygen atoms in total. The minimum Gasteiger partial charge on any atom is -0.338 e. The van der Waals surface area contributed by atoms with E-state index in [1.165, 1.54) is 0 Å². The third-order valence-corrected chi connectivity index (χ3v) is 2.53. The van der Waals surface area contributed by atoms with Gasteiger partial charge in [0.2, 0.25) is 5.91 Å². The molecule has 0 aromatic carbocycles. The standard InChI is InChI=1S/C13H20N4O2/c1-3-14-13(19)17-12(18)10(2)15-9-7-11-6-4-5-8-16-11/h4-6,8,10,15H,3,7,9H2,1-2H3,(H2,14,17,18,19). The van der Waals surface area contributed by atoms with Crippen LogP contribution in [0.1, 0.15) is 19.5 Å². The molecule has 0 aliphatic heterocycles. The van der Waals surface area contributed by atoms with Crippen LogP contribution in [0.2, 0.25) is 0 Å². The maximum absolute atomic E-state index is 11.6. The second-order valence-electron chi connectivity index (χ2n) is 4.10. The highest BCUT2D eigenvalue weighted by atomic mass is 16.2. The van der Waals surface area contributed by atoms with Crippen molar-refractivity contribution in [2.45, 2.75) is 26.3 Å². The van der Waals surface area contributed by atoms with Gasteiger partial charge < -0.3 is 10.6 Å². The van der Waals surface area contributed by atoms with Gasteiger partial charge in [-0.2, -0.15) is 0 Å². The predicted octanol–water partition coefficient (Wildman–Crippen LogP) is 0.448. The minimum atomic E-state index is -0.467. The first-order valence-corrected chi connectivity index (χ1v) is 6.35. The number of rotatable bonds is 6. The van der Waals surface area contributed by atoms with E-state index in [2.05, 4.69) is 20.9 Å². The zero-order chi connectivity index (χ0) is 14.1. The van der Waals surface area contributed by atoms with Crippen LogP contribution in [0.3, 0.4) is 0 Å². The van der Waals surface area contributed by atoms with E-state index in [1.807, 2.05) is 18.2 Å². The molecular weight excluding hydrogens is 244 g/mol. The molecule has 1 aromatic rings. The van der Waals surface area contributed by atoms with Gasteiger partial charge in [0.25, 0.3) is 0 Å². The third kappa shape index (κ3) is 5.96. The lowest BCUT2D eigenvalue weighted by molar-refractivity contribution is -0.121. The van der Waals surface area contributed by atoms with Crippen molar-refractivity contribution in [2.24, 2.45) is 0 Å². The molecule has 0 saturated heterocycles. The van der Waals surface area contributed by atoms with Crippen LogP contribution in [-0.2, 0) is 11.2 Å². The summed E-state index contributed by atoms with van der Waals surface area (Å²) >= 11 is 0. The van der Waals surface area contributed by atoms with Crippen LogP contribution < -0.4 is 16.0 Å². The molecule has 1 heterocycles. The van der Waals surface area contributed by atoms with Crippen molar-refractivity contribution in [1.29, 1.82) is 0 Å². The normalized spacial score (nSPS) is 11.7. The Morgan fingerprint density at radius 2 is 2.16 bits per heavy atom. The van der Waals surface area contributed by atoms with Crippen molar-refractivity contribution in [3.05, 3.63) is 30.1 Å². The van der Waals surface area contributed by atoms with Gasteiger partial charge in [-0.25, -0.2) is 4.79 Å². The van der Waals surface area contributed by atoms with Gasteiger partial charge in [0.15, 0.2) is 0 Å². The highest BCUT2D eigenvalue weighted by molar-refractivity contribution is 5.96. The number of carbonyl (C=O) groups excluding carboxylic acids is 2. The van der Waals surface area contributed by atoms with Crippen molar-refractivity contribution in [1.82, 2.24) is 20.9 Å². The highest BCUT2D eigenvalue weighted by Crippen LogP contribution is 1.93. The summed E-state index contributed by atoms with van der Waals surface area (Å²) in [5.41, 5.74) is 0.964. The molecule has 1 unspecified atom stereocenters. The molecule has 0 aliphatic carbocycles. The van der Waals surface area contributed by atoms with Crippen molar-refractivity contribution >= 4 is 11.9 Å². The molecule has 1 rings (SSSR count). The van der Waals surface area contributed by atoms with Gasteiger partial charge in [-0.1, -0.05) is 6.07 Å². The molecule has 104 valence electrons. The molecule has 3 amide bonds. The van der Waals surface area contributed by atoms with Crippen molar-refractivity contribution in [2.75, 3.05) is 13.1 Å². The first-order valence-electron chi connectivity index (χ1n) is 6.35. The van der Waals surface area contributed by atoms with Gasteiger partial charge in [0.1, 0.15) is 0 Å². The zero-order valence-electron chi connectivity index (χ0n) is 11.3. The molecule has 6 heteroatoms. The Morgan fingerprint density at radius 3 is 2.79 bits per heavy atom. The quantitative estimate of drug-likeness (QED) is 0.696. The molecule has 0 spiro atoms. The summed E-state index contributed by atoms with van der Waals surface area (Å²) in [7, 11) is 0. The summed E-state index contributed by atoms with van der Waals surface area (Å²) in [6, 6.07) is 4.82. The molecule has 0 fully saturated rings. The Bertz CT molecular complexity index is 408. The predicted molar refractivity (Wildman–Crippen MR) is 72.6 cm³/mol. The average molecular weight is 264 g/mol. The van der Waals surface area contributed by atoms with Crippen molar-refractivity contribution in [3.63, 3.8) is 0 Å². The molecule has 0 saturated carbocycles. The largest absolute Gasteiger partial charge is 0.338 e. The van der Waals surface area contributed by atoms with E-state index in [0.29, 0.717) is 13.1 Å². The fraction of sp³-hybridized carbons (Fsp3) is 0.462. The second-order valence-corrected chi connectivity index (χ2v) is 4.10. The van der Waals surface area contributed by atoms with Gasteiger partial charge >= 0.3 is 6.03 Å². The number of imide groups is 1. The second kappa shape index (κ2) is 8.20. The number of hydrogen-bond acceptors (Lipinski definition) is 4. The number of nitrogens with zero attached hydrogens (tertiary/aromatic N) is 1. The maximum atomic E-state index is 11.6. The summed E-state index contributed by atoms with van der Waals surface area (Å²) in [5, 5.41) is 7.81. The monoisotopic (exact) mass is 264 g/mol. The first-order chi connectivity index (χ1) is 9.13. The minimum absolute atomic E-state index is 0.341. The number of aromatic nitrogens is 1. The fourth-order valence-corrected chi connectivity index (χ4v) is 1.48. The van der Waals surface area contributed by atoms with E-state index in [9.17, 15) is 9.59 Å². The lowest BCUT2D eigenvalue weighted by Crippen LogP contribution is -2.48. The van der Waals surface area contributed by atoms with E-state index >= 15 is 0 Å². The number of hydrogen-bond donors (Lipinski definition) is 3. The Hall–Kier alpha value is -1.95. The summed E-state index contributed by atoms with van der Waals surface area (Å²) < 4.78 is 0. The lowest BCUT2D eigenvalue weighted by atomic mass is 10.2. The van der Waals surface area contributed by atoms with Crippen LogP contribution in [0.5, 0.6) is 0 Å². The van der Waals surface area contributed by atoms with Crippen LogP contribution in [0.4, 0.5) is 4.79 Å². The van der Waals surface area contributed by atoms with Crippen LogP contribution in [0, 0.1) is 0 Å². The first kappa shape index (κ1) is 15.1. The van der Waals surface area contributed by atoms with E-state index in [1.54, 1.807) is 20.0 Å². The smallest absolute Gasteiger partial charge is 0.321 e. The number of carbonyl (C=O) groups is 2. The van der Waals surface area contributed by atoms with Gasteiger partial charge in [-0.15, -0.1) is 0 Å². The Morgan fingerprint density at radius 1 is 1.37 bits per heavy atom. The molecule has 0 radical (unpaired) electrons. The van der Waals surface area contributed by atoms with Crippen molar-refractivity contribution in [3.8, 4) is 0 Å². The summed E-state index contributed by atoms with van der Waals surface area (Å²) in [5.74, 6) is -0.341. The Balaban J connectivity index is 2.25. The average Bonchev–Trinajstić information content (AvgIpc) is 2.40. The molecular formula is C13H20N4O2. The highest BCUT2D eigenvalue weighted by Gasteiger charge is 2.14. The molecule has 0 bridgehead atoms. The van der Waals surface area contributed by atoms with Crippen LogP contribution in [-0.4, -0.2) is 36.1 Å². The summed E-state index contributed by atoms with van der Waals surface area (Å²) in [4.78, 5) is 27.0. The van der Waals surface area contributed by atoms with Crippen LogP contribution >= 0.6 is 0 Å². The summed E-state index contributed by atoms with van der Waals surface area (Å²) in [6.07, 6.45) is 2.47. The van der Waals surface area contributed by atoms with Gasteiger partial charge in [0.05, 0.1) is 6.04 Å². The van der Waals surface area contributed by atoms with Gasteiger partial charge in [0, 0.05) is 31.4 Å². The topological polar surface area (TPSA) is 83.1 Å². The van der Waals surface area contributed by atoms with Gasteiger partial charge in [-0.05, 0) is 26.0 Å². The van der Waals surface area contributed by atoms with E-state index in [0.717, 1.165) is 12.1 Å². The molecule has 1 aromatic heterocycles. The van der Waals surface area contributed by atoms with Crippen LogP contribution in [0.15, 0.2) is 24.4 Å². The van der Waals surface area contributed by atoms with Gasteiger partial charge in [-0.3, -0.25) is 15.1 Å². The number of amides is 3. The molecule has 19 heavy (non-hydrogen) atoms. The van der Waals surface area contributed by atoms with E-state index < -0.39 is 12.1 Å². The maximum Gasteiger partial charge on any atom is 0.321 e. The molecule has 1 atom stereocenters. The molecule has 3 N–H and O–H groups in total.